The molecule has 0 saturated carbocycles. The molecule has 0 amide bonds. The molecule has 0 aromatic carbocycles. The number of aromatic nitrogens is 4. The molecule has 2 N–H and O–H groups in total. The zero-order chi connectivity index (χ0) is 13.9. The van der Waals surface area contributed by atoms with E-state index in [1.165, 1.54) is 10.8 Å². The highest BCUT2D eigenvalue weighted by Gasteiger charge is 2.22. The van der Waals surface area contributed by atoms with Crippen molar-refractivity contribution < 1.29 is 0 Å². The lowest BCUT2D eigenvalue weighted by Crippen LogP contribution is -2.37. The van der Waals surface area contributed by atoms with Crippen molar-refractivity contribution in [2.24, 2.45) is 0 Å². The summed E-state index contributed by atoms with van der Waals surface area (Å²) in [7, 11) is 0. The quantitative estimate of drug-likeness (QED) is 0.803. The SMILES string of the molecule is CCCN(Cc1cc(=O)n2[nH]cnc2n1)C1CCNC1. The Bertz CT molecular complexity index is 627. The molecule has 1 atom stereocenters. The van der Waals surface area contributed by atoms with Gasteiger partial charge in [0.05, 0.1) is 5.69 Å². The Balaban J connectivity index is 1.83. The molecule has 0 radical (unpaired) electrons. The number of hydrogen-bond donors (Lipinski definition) is 2. The molecule has 1 saturated heterocycles. The van der Waals surface area contributed by atoms with Gasteiger partial charge in [0.1, 0.15) is 6.33 Å². The second-order valence-corrected chi connectivity index (χ2v) is 5.23. The third-order valence-electron chi connectivity index (χ3n) is 3.75. The van der Waals surface area contributed by atoms with Crippen LogP contribution in [0.5, 0.6) is 0 Å². The summed E-state index contributed by atoms with van der Waals surface area (Å²) in [6.07, 6.45) is 3.74. The van der Waals surface area contributed by atoms with E-state index in [0.29, 0.717) is 18.4 Å². The third-order valence-corrected chi connectivity index (χ3v) is 3.75. The molecule has 0 spiro atoms. The number of H-pyrrole nitrogens is 1. The van der Waals surface area contributed by atoms with Crippen LogP contribution in [0.2, 0.25) is 0 Å². The Morgan fingerprint density at radius 3 is 3.20 bits per heavy atom. The Labute approximate surface area is 117 Å². The zero-order valence-corrected chi connectivity index (χ0v) is 11.7. The smallest absolute Gasteiger partial charge is 0.274 e. The largest absolute Gasteiger partial charge is 0.315 e. The van der Waals surface area contributed by atoms with Crippen molar-refractivity contribution in [2.75, 3.05) is 19.6 Å². The van der Waals surface area contributed by atoms with Crippen molar-refractivity contribution in [2.45, 2.75) is 32.4 Å². The zero-order valence-electron chi connectivity index (χ0n) is 11.7. The molecule has 3 heterocycles. The van der Waals surface area contributed by atoms with Crippen LogP contribution in [0, 0.1) is 0 Å². The van der Waals surface area contributed by atoms with Crippen LogP contribution in [0.1, 0.15) is 25.5 Å². The third kappa shape index (κ3) is 2.59. The number of hydrogen-bond acceptors (Lipinski definition) is 5. The molecule has 0 bridgehead atoms. The minimum atomic E-state index is -0.108. The first-order valence-corrected chi connectivity index (χ1v) is 7.14. The second kappa shape index (κ2) is 5.72. The Morgan fingerprint density at radius 2 is 2.45 bits per heavy atom. The first-order chi connectivity index (χ1) is 9.78. The van der Waals surface area contributed by atoms with Crippen LogP contribution in [0.4, 0.5) is 0 Å². The predicted octanol–water partition coefficient (Wildman–Crippen LogP) is -0.00850. The summed E-state index contributed by atoms with van der Waals surface area (Å²) in [4.78, 5) is 22.9. The van der Waals surface area contributed by atoms with Crippen LogP contribution < -0.4 is 10.9 Å². The van der Waals surface area contributed by atoms with Crippen molar-refractivity contribution in [3.05, 3.63) is 28.4 Å². The van der Waals surface area contributed by atoms with Crippen molar-refractivity contribution in [3.8, 4) is 0 Å². The van der Waals surface area contributed by atoms with E-state index in [4.69, 9.17) is 0 Å². The lowest BCUT2D eigenvalue weighted by molar-refractivity contribution is 0.197. The highest BCUT2D eigenvalue weighted by molar-refractivity contribution is 5.26. The first kappa shape index (κ1) is 13.3. The minimum absolute atomic E-state index is 0.108. The molecule has 2 aromatic rings. The summed E-state index contributed by atoms with van der Waals surface area (Å²) in [6, 6.07) is 2.13. The van der Waals surface area contributed by atoms with Crippen LogP contribution in [0.25, 0.3) is 5.78 Å². The summed E-state index contributed by atoms with van der Waals surface area (Å²) < 4.78 is 1.35. The fourth-order valence-electron chi connectivity index (χ4n) is 2.79. The molecule has 1 aliphatic rings. The number of nitrogens with zero attached hydrogens (tertiary/aromatic N) is 4. The normalized spacial score (nSPS) is 19.2. The molecule has 7 heteroatoms. The minimum Gasteiger partial charge on any atom is -0.315 e. The van der Waals surface area contributed by atoms with Gasteiger partial charge < -0.3 is 5.32 Å². The van der Waals surface area contributed by atoms with Crippen LogP contribution in [0.3, 0.4) is 0 Å². The lowest BCUT2D eigenvalue weighted by atomic mass is 10.2. The highest BCUT2D eigenvalue weighted by Crippen LogP contribution is 2.12. The molecule has 1 unspecified atom stereocenters. The van der Waals surface area contributed by atoms with Gasteiger partial charge in [-0.1, -0.05) is 6.92 Å². The van der Waals surface area contributed by atoms with Gasteiger partial charge in [0.2, 0.25) is 0 Å². The summed E-state index contributed by atoms with van der Waals surface area (Å²) in [5.41, 5.74) is 0.686. The second-order valence-electron chi connectivity index (χ2n) is 5.23. The van der Waals surface area contributed by atoms with E-state index in [0.717, 1.165) is 38.2 Å². The number of rotatable bonds is 5. The molecular formula is C13H20N6O. The predicted molar refractivity (Wildman–Crippen MR) is 75.6 cm³/mol. The maximum absolute atomic E-state index is 11.9. The molecule has 7 nitrogen and oxygen atoms in total. The van der Waals surface area contributed by atoms with Crippen LogP contribution >= 0.6 is 0 Å². The highest BCUT2D eigenvalue weighted by atomic mass is 16.1. The van der Waals surface area contributed by atoms with Gasteiger partial charge in [-0.25, -0.2) is 9.97 Å². The van der Waals surface area contributed by atoms with E-state index in [9.17, 15) is 4.79 Å². The van der Waals surface area contributed by atoms with Crippen molar-refractivity contribution in [1.29, 1.82) is 0 Å². The summed E-state index contributed by atoms with van der Waals surface area (Å²) in [5, 5.41) is 6.14. The molecule has 1 fully saturated rings. The fraction of sp³-hybridized carbons (Fsp3) is 0.615. The van der Waals surface area contributed by atoms with E-state index < -0.39 is 0 Å². The van der Waals surface area contributed by atoms with E-state index >= 15 is 0 Å². The number of fused-ring (bicyclic) bond motifs is 1. The number of aromatic amines is 1. The van der Waals surface area contributed by atoms with Crippen LogP contribution in [0.15, 0.2) is 17.2 Å². The summed E-state index contributed by atoms with van der Waals surface area (Å²) >= 11 is 0. The lowest BCUT2D eigenvalue weighted by Gasteiger charge is -2.27. The van der Waals surface area contributed by atoms with Gasteiger partial charge >= 0.3 is 0 Å². The molecule has 20 heavy (non-hydrogen) atoms. The monoisotopic (exact) mass is 276 g/mol. The summed E-state index contributed by atoms with van der Waals surface area (Å²) in [6.45, 7) is 5.99. The first-order valence-electron chi connectivity index (χ1n) is 7.14. The maximum atomic E-state index is 11.9. The molecular weight excluding hydrogens is 256 g/mol. The average molecular weight is 276 g/mol. The van der Waals surface area contributed by atoms with E-state index in [1.807, 2.05) is 0 Å². The van der Waals surface area contributed by atoms with Gasteiger partial charge in [0.25, 0.3) is 11.3 Å². The molecule has 3 rings (SSSR count). The molecule has 108 valence electrons. The van der Waals surface area contributed by atoms with E-state index in [1.54, 1.807) is 6.07 Å². The Hall–Kier alpha value is -1.73. The Morgan fingerprint density at radius 1 is 1.55 bits per heavy atom. The van der Waals surface area contributed by atoms with Gasteiger partial charge in [-0.3, -0.25) is 14.8 Å². The van der Waals surface area contributed by atoms with E-state index in [-0.39, 0.29) is 5.56 Å². The molecule has 2 aromatic heterocycles. The van der Waals surface area contributed by atoms with E-state index in [2.05, 4.69) is 32.2 Å². The van der Waals surface area contributed by atoms with Crippen LogP contribution in [-0.4, -0.2) is 50.2 Å². The van der Waals surface area contributed by atoms with Crippen molar-refractivity contribution >= 4 is 5.78 Å². The molecule has 0 aliphatic carbocycles. The summed E-state index contributed by atoms with van der Waals surface area (Å²) in [5.74, 6) is 0.438. The molecule has 1 aliphatic heterocycles. The van der Waals surface area contributed by atoms with Gasteiger partial charge in [-0.05, 0) is 25.9 Å². The number of nitrogens with one attached hydrogen (secondary N) is 2. The van der Waals surface area contributed by atoms with Gasteiger partial charge in [0, 0.05) is 25.2 Å². The topological polar surface area (TPSA) is 78.3 Å². The van der Waals surface area contributed by atoms with Gasteiger partial charge in [0.15, 0.2) is 0 Å². The van der Waals surface area contributed by atoms with Gasteiger partial charge in [-0.15, -0.1) is 0 Å². The fourth-order valence-corrected chi connectivity index (χ4v) is 2.79. The standard InChI is InChI=1S/C13H20N6O/c1-2-5-18(11-3-4-14-7-11)8-10-6-12(20)19-13(17-10)15-9-16-19/h6,9,11,14H,2-5,7-8H2,1H3,(H,15,16,17). The van der Waals surface area contributed by atoms with Crippen LogP contribution in [-0.2, 0) is 6.54 Å². The van der Waals surface area contributed by atoms with Crippen molar-refractivity contribution in [1.82, 2.24) is 29.8 Å². The maximum Gasteiger partial charge on any atom is 0.274 e. The van der Waals surface area contributed by atoms with Gasteiger partial charge in [-0.2, -0.15) is 4.52 Å². The van der Waals surface area contributed by atoms with Crippen molar-refractivity contribution in [3.63, 3.8) is 0 Å². The average Bonchev–Trinajstić information content (AvgIpc) is 3.09. The Kier molecular flexibility index (Phi) is 3.79.